The largest absolute Gasteiger partial charge is 0.356 e. The Balaban J connectivity index is 1.55. The molecule has 6 nitrogen and oxygen atoms in total. The van der Waals surface area contributed by atoms with E-state index in [1.54, 1.807) is 16.4 Å². The van der Waals surface area contributed by atoms with Gasteiger partial charge in [-0.15, -0.1) is 5.10 Å². The summed E-state index contributed by atoms with van der Waals surface area (Å²) >= 11 is 7.86. The van der Waals surface area contributed by atoms with Crippen LogP contribution in [0.5, 0.6) is 0 Å². The number of tetrazole rings is 1. The molecule has 22 heavy (non-hydrogen) atoms. The molecule has 1 aromatic carbocycles. The van der Waals surface area contributed by atoms with Gasteiger partial charge in [-0.2, -0.15) is 0 Å². The van der Waals surface area contributed by atoms with Crippen LogP contribution < -0.4 is 5.32 Å². The SMILES string of the molecule is Cc1c(CNCCSc2nnnn2C)[nH]c2c(Cl)cccc12. The minimum Gasteiger partial charge on any atom is -0.356 e. The Morgan fingerprint density at radius 2 is 2.27 bits per heavy atom. The van der Waals surface area contributed by atoms with Gasteiger partial charge in [-0.05, 0) is 29.0 Å². The zero-order valence-corrected chi connectivity index (χ0v) is 14.0. The van der Waals surface area contributed by atoms with Gasteiger partial charge < -0.3 is 10.3 Å². The van der Waals surface area contributed by atoms with Crippen LogP contribution in [0.2, 0.25) is 5.02 Å². The first-order valence-corrected chi connectivity index (χ1v) is 8.34. The van der Waals surface area contributed by atoms with Crippen LogP contribution in [0.15, 0.2) is 23.4 Å². The highest BCUT2D eigenvalue weighted by molar-refractivity contribution is 7.99. The molecule has 0 aliphatic heterocycles. The Morgan fingerprint density at radius 3 is 3.00 bits per heavy atom. The molecule has 0 aliphatic rings. The number of thioether (sulfide) groups is 1. The van der Waals surface area contributed by atoms with Gasteiger partial charge in [0.05, 0.1) is 10.5 Å². The number of aromatic nitrogens is 5. The molecule has 0 bridgehead atoms. The third kappa shape index (κ3) is 3.11. The van der Waals surface area contributed by atoms with Gasteiger partial charge in [-0.3, -0.25) is 0 Å². The highest BCUT2D eigenvalue weighted by Gasteiger charge is 2.09. The molecule has 3 aromatic rings. The fourth-order valence-corrected chi connectivity index (χ4v) is 3.29. The lowest BCUT2D eigenvalue weighted by Gasteiger charge is -2.04. The number of aryl methyl sites for hydroxylation is 2. The van der Waals surface area contributed by atoms with Crippen LogP contribution in [0.4, 0.5) is 0 Å². The van der Waals surface area contributed by atoms with Crippen LogP contribution in [0.25, 0.3) is 10.9 Å². The maximum atomic E-state index is 6.22. The first-order chi connectivity index (χ1) is 10.7. The predicted molar refractivity (Wildman–Crippen MR) is 89.3 cm³/mol. The van der Waals surface area contributed by atoms with E-state index < -0.39 is 0 Å². The fraction of sp³-hybridized carbons (Fsp3) is 0.357. The highest BCUT2D eigenvalue weighted by atomic mass is 35.5. The van der Waals surface area contributed by atoms with E-state index >= 15 is 0 Å². The van der Waals surface area contributed by atoms with Crippen LogP contribution in [0.3, 0.4) is 0 Å². The van der Waals surface area contributed by atoms with E-state index in [1.807, 2.05) is 19.2 Å². The maximum Gasteiger partial charge on any atom is 0.209 e. The van der Waals surface area contributed by atoms with Gasteiger partial charge in [0.25, 0.3) is 0 Å². The molecule has 0 unspecified atom stereocenters. The van der Waals surface area contributed by atoms with E-state index in [0.717, 1.165) is 34.5 Å². The second-order valence-electron chi connectivity index (χ2n) is 5.00. The van der Waals surface area contributed by atoms with Crippen molar-refractivity contribution in [3.63, 3.8) is 0 Å². The molecule has 0 spiro atoms. The van der Waals surface area contributed by atoms with Gasteiger partial charge in [0.2, 0.25) is 5.16 Å². The van der Waals surface area contributed by atoms with Crippen LogP contribution in [-0.2, 0) is 13.6 Å². The summed E-state index contributed by atoms with van der Waals surface area (Å²) in [4.78, 5) is 3.41. The fourth-order valence-electron chi connectivity index (χ4n) is 2.32. The average Bonchev–Trinajstić information content (AvgIpc) is 3.05. The summed E-state index contributed by atoms with van der Waals surface area (Å²) < 4.78 is 1.68. The Kier molecular flexibility index (Phi) is 4.66. The molecule has 0 aliphatic carbocycles. The number of nitrogens with zero attached hydrogens (tertiary/aromatic N) is 4. The lowest BCUT2D eigenvalue weighted by Crippen LogP contribution is -2.17. The van der Waals surface area contributed by atoms with Crippen molar-refractivity contribution in [2.24, 2.45) is 7.05 Å². The first kappa shape index (κ1) is 15.3. The van der Waals surface area contributed by atoms with Gasteiger partial charge in [0.1, 0.15) is 0 Å². The van der Waals surface area contributed by atoms with Crippen LogP contribution in [0, 0.1) is 6.92 Å². The van der Waals surface area contributed by atoms with Crippen molar-refractivity contribution in [3.05, 3.63) is 34.5 Å². The molecule has 3 rings (SSSR count). The number of aromatic amines is 1. The van der Waals surface area contributed by atoms with E-state index in [4.69, 9.17) is 11.6 Å². The number of H-pyrrole nitrogens is 1. The van der Waals surface area contributed by atoms with Gasteiger partial charge in [-0.1, -0.05) is 35.5 Å². The minimum atomic E-state index is 0.761. The Morgan fingerprint density at radius 1 is 1.41 bits per heavy atom. The van der Waals surface area contributed by atoms with Crippen molar-refractivity contribution in [1.82, 2.24) is 30.5 Å². The summed E-state index contributed by atoms with van der Waals surface area (Å²) in [7, 11) is 1.84. The second kappa shape index (κ2) is 6.68. The normalized spacial score (nSPS) is 11.4. The third-order valence-electron chi connectivity index (χ3n) is 3.54. The van der Waals surface area contributed by atoms with E-state index in [1.165, 1.54) is 16.6 Å². The third-order valence-corrected chi connectivity index (χ3v) is 4.87. The second-order valence-corrected chi connectivity index (χ2v) is 6.47. The summed E-state index contributed by atoms with van der Waals surface area (Å²) in [5.41, 5.74) is 3.43. The average molecular weight is 337 g/mol. The van der Waals surface area contributed by atoms with E-state index in [2.05, 4.69) is 38.8 Å². The lowest BCUT2D eigenvalue weighted by atomic mass is 10.1. The lowest BCUT2D eigenvalue weighted by molar-refractivity contribution is 0.663. The van der Waals surface area contributed by atoms with Crippen molar-refractivity contribution in [1.29, 1.82) is 0 Å². The van der Waals surface area contributed by atoms with Crippen molar-refractivity contribution in [2.75, 3.05) is 12.3 Å². The minimum absolute atomic E-state index is 0.761. The number of benzene rings is 1. The number of para-hydroxylation sites is 1. The molecule has 2 heterocycles. The molecule has 0 saturated heterocycles. The number of rotatable bonds is 6. The molecule has 0 radical (unpaired) electrons. The Hall–Kier alpha value is -1.57. The topological polar surface area (TPSA) is 71.4 Å². The molecule has 0 atom stereocenters. The van der Waals surface area contributed by atoms with Crippen molar-refractivity contribution >= 4 is 34.3 Å². The van der Waals surface area contributed by atoms with Gasteiger partial charge in [0, 0.05) is 37.0 Å². The number of hydrogen-bond acceptors (Lipinski definition) is 5. The van der Waals surface area contributed by atoms with Gasteiger partial charge in [0.15, 0.2) is 0 Å². The predicted octanol–water partition coefficient (Wildman–Crippen LogP) is 2.54. The zero-order valence-electron chi connectivity index (χ0n) is 12.4. The number of hydrogen-bond donors (Lipinski definition) is 2. The molecular formula is C14H17ClN6S. The van der Waals surface area contributed by atoms with Crippen LogP contribution in [-0.4, -0.2) is 37.5 Å². The molecule has 8 heteroatoms. The first-order valence-electron chi connectivity index (χ1n) is 6.98. The molecule has 116 valence electrons. The molecular weight excluding hydrogens is 320 g/mol. The van der Waals surface area contributed by atoms with Crippen molar-refractivity contribution in [3.8, 4) is 0 Å². The van der Waals surface area contributed by atoms with Crippen molar-refractivity contribution < 1.29 is 0 Å². The zero-order chi connectivity index (χ0) is 15.5. The summed E-state index contributed by atoms with van der Waals surface area (Å²) in [6.45, 7) is 3.78. The van der Waals surface area contributed by atoms with Gasteiger partial charge in [-0.25, -0.2) is 4.68 Å². The monoisotopic (exact) mass is 336 g/mol. The summed E-state index contributed by atoms with van der Waals surface area (Å²) in [6.07, 6.45) is 0. The molecule has 0 saturated carbocycles. The molecule has 0 fully saturated rings. The molecule has 2 N–H and O–H groups in total. The summed E-state index contributed by atoms with van der Waals surface area (Å²) in [5, 5.41) is 17.6. The smallest absolute Gasteiger partial charge is 0.209 e. The standard InChI is InChI=1S/C14H17ClN6S/c1-9-10-4-3-5-11(15)13(10)17-12(9)8-16-6-7-22-14-18-19-20-21(14)2/h3-5,16-17H,6-8H2,1-2H3. The van der Waals surface area contributed by atoms with E-state index in [0.29, 0.717) is 0 Å². The molecule has 0 amide bonds. The van der Waals surface area contributed by atoms with Crippen molar-refractivity contribution in [2.45, 2.75) is 18.6 Å². The summed E-state index contributed by atoms with van der Waals surface area (Å²) in [6, 6.07) is 5.98. The van der Waals surface area contributed by atoms with Crippen LogP contribution in [0.1, 0.15) is 11.3 Å². The maximum absolute atomic E-state index is 6.22. The van der Waals surface area contributed by atoms with Crippen LogP contribution >= 0.6 is 23.4 Å². The number of fused-ring (bicyclic) bond motifs is 1. The quantitative estimate of drug-likeness (QED) is 0.534. The number of nitrogens with one attached hydrogen (secondary N) is 2. The van der Waals surface area contributed by atoms with E-state index in [-0.39, 0.29) is 0 Å². The van der Waals surface area contributed by atoms with E-state index in [9.17, 15) is 0 Å². The Bertz CT molecular complexity index is 781. The molecule has 2 aromatic heterocycles. The number of halogens is 1. The van der Waals surface area contributed by atoms with Gasteiger partial charge >= 0.3 is 0 Å². The highest BCUT2D eigenvalue weighted by Crippen LogP contribution is 2.27. The summed E-state index contributed by atoms with van der Waals surface area (Å²) in [5.74, 6) is 0.911. The Labute approximate surface area is 137 Å².